The van der Waals surface area contributed by atoms with Gasteiger partial charge < -0.3 is 9.84 Å². The highest BCUT2D eigenvalue weighted by Gasteiger charge is 2.67. The van der Waals surface area contributed by atoms with Crippen LogP contribution in [0, 0.1) is 11.3 Å². The van der Waals surface area contributed by atoms with Crippen molar-refractivity contribution in [3.8, 4) is 0 Å². The number of epoxide rings is 1. The second-order valence-electron chi connectivity index (χ2n) is 5.71. The van der Waals surface area contributed by atoms with E-state index in [9.17, 15) is 5.11 Å². The molecule has 0 aromatic rings. The average molecular weight is 196 g/mol. The van der Waals surface area contributed by atoms with Gasteiger partial charge >= 0.3 is 0 Å². The normalized spacial score (nSPS) is 56.1. The third-order valence-electron chi connectivity index (χ3n) is 5.00. The summed E-state index contributed by atoms with van der Waals surface area (Å²) in [6.07, 6.45) is 8.20. The predicted molar refractivity (Wildman–Crippen MR) is 54.0 cm³/mol. The fraction of sp³-hybridized carbons (Fsp3) is 1.00. The van der Waals surface area contributed by atoms with Gasteiger partial charge in [0, 0.05) is 0 Å². The van der Waals surface area contributed by atoms with Gasteiger partial charge in [0.15, 0.2) is 0 Å². The van der Waals surface area contributed by atoms with Gasteiger partial charge in [-0.05, 0) is 37.0 Å². The molecule has 3 rings (SSSR count). The zero-order chi connectivity index (χ0) is 9.81. The number of rotatable bonds is 1. The van der Waals surface area contributed by atoms with Crippen LogP contribution in [0.4, 0.5) is 0 Å². The van der Waals surface area contributed by atoms with Crippen molar-refractivity contribution in [2.24, 2.45) is 11.3 Å². The standard InChI is InChI=1S/C12H20O2/c1-11-6-3-2-4-9(11)12(8-13)10(14-12)5-7-11/h9-10,13H,2-8H2,1H3/t9-,10-,11+,12+/m1/s1. The zero-order valence-corrected chi connectivity index (χ0v) is 8.96. The van der Waals surface area contributed by atoms with E-state index in [-0.39, 0.29) is 12.2 Å². The Labute approximate surface area is 85.6 Å². The maximum Gasteiger partial charge on any atom is 0.121 e. The highest BCUT2D eigenvalue weighted by molar-refractivity contribution is 5.15. The second kappa shape index (κ2) is 2.73. The largest absolute Gasteiger partial charge is 0.393 e. The van der Waals surface area contributed by atoms with Crippen molar-refractivity contribution in [1.29, 1.82) is 0 Å². The van der Waals surface area contributed by atoms with Crippen LogP contribution in [0.5, 0.6) is 0 Å². The first-order valence-electron chi connectivity index (χ1n) is 6.00. The van der Waals surface area contributed by atoms with Crippen LogP contribution in [-0.2, 0) is 4.74 Å². The van der Waals surface area contributed by atoms with Crippen molar-refractivity contribution in [2.45, 2.75) is 57.2 Å². The van der Waals surface area contributed by atoms with Gasteiger partial charge in [-0.3, -0.25) is 0 Å². The molecule has 0 bridgehead atoms. The quantitative estimate of drug-likeness (QED) is 0.651. The third kappa shape index (κ3) is 0.989. The van der Waals surface area contributed by atoms with Gasteiger partial charge in [0.05, 0.1) is 12.7 Å². The molecule has 0 spiro atoms. The molecule has 3 fully saturated rings. The Balaban J connectivity index is 1.90. The van der Waals surface area contributed by atoms with E-state index in [0.29, 0.717) is 17.4 Å². The van der Waals surface area contributed by atoms with Crippen LogP contribution in [0.15, 0.2) is 0 Å². The number of hydrogen-bond donors (Lipinski definition) is 1. The lowest BCUT2D eigenvalue weighted by Gasteiger charge is -2.47. The van der Waals surface area contributed by atoms with Gasteiger partial charge in [0.25, 0.3) is 0 Å². The SMILES string of the molecule is C[C@@]12CCCC[C@H]1[C@]1(CO)O[C@@H]1CC2. The first kappa shape index (κ1) is 9.17. The highest BCUT2D eigenvalue weighted by Crippen LogP contribution is 2.62. The molecule has 1 heterocycles. The van der Waals surface area contributed by atoms with Crippen LogP contribution >= 0.6 is 0 Å². The Morgan fingerprint density at radius 2 is 2.14 bits per heavy atom. The lowest BCUT2D eigenvalue weighted by molar-refractivity contribution is -0.000533. The molecular formula is C12H20O2. The fourth-order valence-corrected chi connectivity index (χ4v) is 4.08. The number of ether oxygens (including phenoxy) is 1. The topological polar surface area (TPSA) is 32.8 Å². The number of fused-ring (bicyclic) bond motifs is 3. The molecule has 0 amide bonds. The molecule has 3 aliphatic rings. The first-order valence-corrected chi connectivity index (χ1v) is 6.00. The molecule has 80 valence electrons. The fourth-order valence-electron chi connectivity index (χ4n) is 4.08. The Morgan fingerprint density at radius 3 is 2.93 bits per heavy atom. The van der Waals surface area contributed by atoms with Gasteiger partial charge in [-0.2, -0.15) is 0 Å². The van der Waals surface area contributed by atoms with Gasteiger partial charge in [0.2, 0.25) is 0 Å². The van der Waals surface area contributed by atoms with Crippen LogP contribution < -0.4 is 0 Å². The summed E-state index contributed by atoms with van der Waals surface area (Å²) in [6, 6.07) is 0. The summed E-state index contributed by atoms with van der Waals surface area (Å²) in [4.78, 5) is 0. The number of aliphatic hydroxyl groups is 1. The maximum absolute atomic E-state index is 9.52. The summed E-state index contributed by atoms with van der Waals surface area (Å²) >= 11 is 0. The smallest absolute Gasteiger partial charge is 0.121 e. The Morgan fingerprint density at radius 1 is 1.29 bits per heavy atom. The van der Waals surface area contributed by atoms with E-state index in [1.165, 1.54) is 38.5 Å². The molecule has 2 heteroatoms. The highest BCUT2D eigenvalue weighted by atomic mass is 16.6. The van der Waals surface area contributed by atoms with E-state index in [4.69, 9.17) is 4.74 Å². The van der Waals surface area contributed by atoms with Crippen LogP contribution in [-0.4, -0.2) is 23.4 Å². The summed E-state index contributed by atoms with van der Waals surface area (Å²) in [5.41, 5.74) is 0.363. The van der Waals surface area contributed by atoms with Crippen molar-refractivity contribution in [1.82, 2.24) is 0 Å². The van der Waals surface area contributed by atoms with Gasteiger partial charge in [-0.25, -0.2) is 0 Å². The van der Waals surface area contributed by atoms with Crippen LogP contribution in [0.1, 0.15) is 45.4 Å². The summed E-state index contributed by atoms with van der Waals surface area (Å²) < 4.78 is 5.80. The molecule has 0 unspecified atom stereocenters. The van der Waals surface area contributed by atoms with Crippen molar-refractivity contribution in [3.05, 3.63) is 0 Å². The Hall–Kier alpha value is -0.0800. The summed E-state index contributed by atoms with van der Waals surface area (Å²) in [5.74, 6) is 0.632. The summed E-state index contributed by atoms with van der Waals surface area (Å²) in [6.45, 7) is 2.66. The van der Waals surface area contributed by atoms with Crippen molar-refractivity contribution >= 4 is 0 Å². The molecule has 0 radical (unpaired) electrons. The summed E-state index contributed by atoms with van der Waals surface area (Å²) in [5, 5.41) is 9.52. The molecule has 1 saturated heterocycles. The van der Waals surface area contributed by atoms with Gasteiger partial charge in [-0.1, -0.05) is 19.8 Å². The number of hydrogen-bond acceptors (Lipinski definition) is 2. The molecule has 2 saturated carbocycles. The molecule has 14 heavy (non-hydrogen) atoms. The second-order valence-corrected chi connectivity index (χ2v) is 5.71. The number of aliphatic hydroxyl groups excluding tert-OH is 1. The van der Waals surface area contributed by atoms with E-state index in [2.05, 4.69) is 6.92 Å². The minimum absolute atomic E-state index is 0.104. The molecule has 4 atom stereocenters. The molecule has 1 N–H and O–H groups in total. The third-order valence-corrected chi connectivity index (χ3v) is 5.00. The van der Waals surface area contributed by atoms with Gasteiger partial charge in [-0.15, -0.1) is 0 Å². The average Bonchev–Trinajstić information content (AvgIpc) is 2.92. The molecule has 2 aliphatic carbocycles. The van der Waals surface area contributed by atoms with Crippen molar-refractivity contribution in [2.75, 3.05) is 6.61 Å². The zero-order valence-electron chi connectivity index (χ0n) is 8.96. The minimum Gasteiger partial charge on any atom is -0.393 e. The van der Waals surface area contributed by atoms with E-state index in [1.54, 1.807) is 0 Å². The van der Waals surface area contributed by atoms with E-state index in [1.807, 2.05) is 0 Å². The summed E-state index contributed by atoms with van der Waals surface area (Å²) in [7, 11) is 0. The lowest BCUT2D eigenvalue weighted by atomic mass is 9.57. The van der Waals surface area contributed by atoms with Gasteiger partial charge in [0.1, 0.15) is 5.60 Å². The Kier molecular flexibility index (Phi) is 1.79. The van der Waals surface area contributed by atoms with E-state index < -0.39 is 0 Å². The van der Waals surface area contributed by atoms with Crippen LogP contribution in [0.3, 0.4) is 0 Å². The lowest BCUT2D eigenvalue weighted by Crippen LogP contribution is -2.47. The van der Waals surface area contributed by atoms with Crippen LogP contribution in [0.25, 0.3) is 0 Å². The molecule has 0 aromatic heterocycles. The van der Waals surface area contributed by atoms with Crippen molar-refractivity contribution < 1.29 is 9.84 Å². The molecule has 0 aromatic carbocycles. The minimum atomic E-state index is -0.104. The van der Waals surface area contributed by atoms with E-state index in [0.717, 1.165) is 0 Å². The Bertz CT molecular complexity index is 249. The maximum atomic E-state index is 9.52. The van der Waals surface area contributed by atoms with Crippen molar-refractivity contribution in [3.63, 3.8) is 0 Å². The van der Waals surface area contributed by atoms with Crippen LogP contribution in [0.2, 0.25) is 0 Å². The first-order chi connectivity index (χ1) is 6.71. The predicted octanol–water partition coefficient (Wildman–Crippen LogP) is 2.11. The molecule has 2 nitrogen and oxygen atoms in total. The molecule has 1 aliphatic heterocycles. The van der Waals surface area contributed by atoms with E-state index >= 15 is 0 Å². The monoisotopic (exact) mass is 196 g/mol. The molecular weight excluding hydrogens is 176 g/mol.